The van der Waals surface area contributed by atoms with Crippen molar-refractivity contribution in [2.24, 2.45) is 0 Å². The van der Waals surface area contributed by atoms with E-state index in [9.17, 15) is 22.8 Å². The predicted molar refractivity (Wildman–Crippen MR) is 94.6 cm³/mol. The molecule has 154 valence electrons. The summed E-state index contributed by atoms with van der Waals surface area (Å²) in [5.41, 5.74) is -3.39. The smallest absolute Gasteiger partial charge is 0.437 e. The maximum Gasteiger partial charge on any atom is 0.437 e. The second-order valence-corrected chi connectivity index (χ2v) is 5.93. The maximum absolute atomic E-state index is 13.4. The molecule has 0 unspecified atom stereocenters. The standard InChI is InChI=1S/C18H12F3N5O4/c19-18(20,21)15-14(30-13-4-2-1-3-10(13)6-22)17(29)26(9-23-15)7-12-5-11(8-27)16(28)25-24-12/h1-5,9,27H,7-8H2,(H,25,28). The number of hydrogen-bond acceptors (Lipinski definition) is 7. The zero-order valence-electron chi connectivity index (χ0n) is 15.0. The molecule has 12 heteroatoms. The molecule has 0 atom stereocenters. The number of aromatic nitrogens is 4. The third kappa shape index (κ3) is 4.20. The Hall–Kier alpha value is -3.98. The first-order chi connectivity index (χ1) is 14.2. The normalized spacial score (nSPS) is 11.2. The lowest BCUT2D eigenvalue weighted by atomic mass is 10.2. The van der Waals surface area contributed by atoms with Crippen molar-refractivity contribution in [3.8, 4) is 17.6 Å². The van der Waals surface area contributed by atoms with E-state index in [4.69, 9.17) is 15.1 Å². The SMILES string of the molecule is N#Cc1ccccc1Oc1c(C(F)(F)F)ncn(Cc2cc(CO)c(=O)[nH]n2)c1=O. The Balaban J connectivity index is 2.10. The van der Waals surface area contributed by atoms with Gasteiger partial charge in [0.05, 0.1) is 30.7 Å². The highest BCUT2D eigenvalue weighted by molar-refractivity contribution is 5.45. The fraction of sp³-hybridized carbons (Fsp3) is 0.167. The van der Waals surface area contributed by atoms with Gasteiger partial charge < -0.3 is 9.84 Å². The molecule has 0 aliphatic rings. The van der Waals surface area contributed by atoms with Gasteiger partial charge in [-0.3, -0.25) is 14.2 Å². The van der Waals surface area contributed by atoms with Gasteiger partial charge in [-0.25, -0.2) is 10.1 Å². The van der Waals surface area contributed by atoms with Crippen LogP contribution in [0, 0.1) is 11.3 Å². The minimum atomic E-state index is -4.99. The minimum absolute atomic E-state index is 0.0349. The molecule has 0 saturated heterocycles. The molecule has 0 amide bonds. The van der Waals surface area contributed by atoms with Gasteiger partial charge in [-0.1, -0.05) is 12.1 Å². The second-order valence-electron chi connectivity index (χ2n) is 5.93. The first-order valence-corrected chi connectivity index (χ1v) is 8.26. The highest BCUT2D eigenvalue weighted by atomic mass is 19.4. The molecule has 3 aromatic rings. The van der Waals surface area contributed by atoms with E-state index in [2.05, 4.69) is 15.2 Å². The van der Waals surface area contributed by atoms with Crippen LogP contribution in [0.25, 0.3) is 0 Å². The number of hydrogen-bond donors (Lipinski definition) is 2. The van der Waals surface area contributed by atoms with Gasteiger partial charge in [0.25, 0.3) is 11.1 Å². The van der Waals surface area contributed by atoms with Gasteiger partial charge in [-0.2, -0.15) is 23.5 Å². The Labute approximate surface area is 165 Å². The minimum Gasteiger partial charge on any atom is -0.448 e. The lowest BCUT2D eigenvalue weighted by Gasteiger charge is -2.15. The largest absolute Gasteiger partial charge is 0.448 e. The van der Waals surface area contributed by atoms with Crippen molar-refractivity contribution in [3.63, 3.8) is 0 Å². The Morgan fingerprint density at radius 1 is 1.27 bits per heavy atom. The maximum atomic E-state index is 13.4. The van der Waals surface area contributed by atoms with Crippen LogP contribution in [0.3, 0.4) is 0 Å². The molecular formula is C18H12F3N5O4. The van der Waals surface area contributed by atoms with E-state index >= 15 is 0 Å². The van der Waals surface area contributed by atoms with E-state index in [1.807, 2.05) is 0 Å². The summed E-state index contributed by atoms with van der Waals surface area (Å²) in [6.07, 6.45) is -4.32. The fourth-order valence-electron chi connectivity index (χ4n) is 2.50. The average molecular weight is 419 g/mol. The van der Waals surface area contributed by atoms with Gasteiger partial charge in [0.2, 0.25) is 5.75 Å². The predicted octanol–water partition coefficient (Wildman–Crippen LogP) is 1.55. The van der Waals surface area contributed by atoms with Crippen molar-refractivity contribution < 1.29 is 23.0 Å². The average Bonchev–Trinajstić information content (AvgIpc) is 2.71. The van der Waals surface area contributed by atoms with Crippen molar-refractivity contribution in [3.05, 3.63) is 79.9 Å². The molecule has 0 radical (unpaired) electrons. The first kappa shape index (κ1) is 20.7. The van der Waals surface area contributed by atoms with Crippen LogP contribution in [0.4, 0.5) is 13.2 Å². The molecule has 0 saturated carbocycles. The molecule has 2 aromatic heterocycles. The van der Waals surface area contributed by atoms with Gasteiger partial charge in [-0.15, -0.1) is 0 Å². The van der Waals surface area contributed by atoms with E-state index < -0.39 is 35.3 Å². The van der Waals surface area contributed by atoms with Crippen molar-refractivity contribution >= 4 is 0 Å². The summed E-state index contributed by atoms with van der Waals surface area (Å²) in [5, 5.41) is 24.1. The van der Waals surface area contributed by atoms with Crippen LogP contribution in [0.5, 0.6) is 11.5 Å². The molecule has 0 aliphatic heterocycles. The number of nitriles is 1. The summed E-state index contributed by atoms with van der Waals surface area (Å²) in [6.45, 7) is -0.950. The molecule has 30 heavy (non-hydrogen) atoms. The van der Waals surface area contributed by atoms with E-state index in [1.165, 1.54) is 30.3 Å². The highest BCUT2D eigenvalue weighted by Crippen LogP contribution is 2.35. The molecular weight excluding hydrogens is 407 g/mol. The third-order valence-corrected chi connectivity index (χ3v) is 3.92. The number of nitrogens with zero attached hydrogens (tertiary/aromatic N) is 4. The number of aliphatic hydroxyl groups excluding tert-OH is 1. The highest BCUT2D eigenvalue weighted by Gasteiger charge is 2.39. The summed E-state index contributed by atoms with van der Waals surface area (Å²) in [7, 11) is 0. The lowest BCUT2D eigenvalue weighted by molar-refractivity contribution is -0.142. The van der Waals surface area contributed by atoms with Gasteiger partial charge in [-0.05, 0) is 18.2 Å². The van der Waals surface area contributed by atoms with E-state index in [0.717, 1.165) is 4.57 Å². The number of rotatable bonds is 5. The van der Waals surface area contributed by atoms with E-state index in [1.54, 1.807) is 6.07 Å². The van der Waals surface area contributed by atoms with Crippen LogP contribution < -0.4 is 15.9 Å². The molecule has 3 rings (SSSR count). The zero-order valence-corrected chi connectivity index (χ0v) is 15.0. The first-order valence-electron chi connectivity index (χ1n) is 8.26. The van der Waals surface area contributed by atoms with Gasteiger partial charge in [0.15, 0.2) is 5.69 Å². The number of halogens is 3. The van der Waals surface area contributed by atoms with Crippen molar-refractivity contribution in [1.29, 1.82) is 5.26 Å². The molecule has 0 bridgehead atoms. The number of ether oxygens (including phenoxy) is 1. The van der Waals surface area contributed by atoms with Gasteiger partial charge >= 0.3 is 6.18 Å². The summed E-state index contributed by atoms with van der Waals surface area (Å²) in [4.78, 5) is 27.5. The van der Waals surface area contributed by atoms with Gasteiger partial charge in [0, 0.05) is 5.56 Å². The monoisotopic (exact) mass is 419 g/mol. The second kappa shape index (κ2) is 8.18. The molecule has 0 fully saturated rings. The number of benzene rings is 1. The van der Waals surface area contributed by atoms with Crippen LogP contribution >= 0.6 is 0 Å². The molecule has 1 aromatic carbocycles. The lowest BCUT2D eigenvalue weighted by Crippen LogP contribution is -2.27. The summed E-state index contributed by atoms with van der Waals surface area (Å²) >= 11 is 0. The molecule has 0 spiro atoms. The Kier molecular flexibility index (Phi) is 5.65. The Bertz CT molecular complexity index is 1240. The van der Waals surface area contributed by atoms with Crippen molar-refractivity contribution in [1.82, 2.24) is 19.7 Å². The Morgan fingerprint density at radius 3 is 2.67 bits per heavy atom. The number of aromatic amines is 1. The summed E-state index contributed by atoms with van der Waals surface area (Å²) in [5.74, 6) is -1.36. The van der Waals surface area contributed by atoms with E-state index in [-0.39, 0.29) is 29.1 Å². The van der Waals surface area contributed by atoms with Crippen molar-refractivity contribution in [2.45, 2.75) is 19.3 Å². The summed E-state index contributed by atoms with van der Waals surface area (Å²) < 4.78 is 46.1. The van der Waals surface area contributed by atoms with Crippen LogP contribution in [-0.4, -0.2) is 24.9 Å². The number of aliphatic hydroxyl groups is 1. The third-order valence-electron chi connectivity index (χ3n) is 3.92. The molecule has 2 N–H and O–H groups in total. The van der Waals surface area contributed by atoms with Crippen LogP contribution in [-0.2, 0) is 19.3 Å². The van der Waals surface area contributed by atoms with Gasteiger partial charge in [0.1, 0.15) is 11.8 Å². The van der Waals surface area contributed by atoms with E-state index in [0.29, 0.717) is 6.33 Å². The molecule has 0 aliphatic carbocycles. The van der Waals surface area contributed by atoms with Crippen LogP contribution in [0.15, 0.2) is 46.2 Å². The Morgan fingerprint density at radius 2 is 2.00 bits per heavy atom. The molecule has 9 nitrogen and oxygen atoms in total. The number of para-hydroxylation sites is 1. The van der Waals surface area contributed by atoms with Crippen LogP contribution in [0.2, 0.25) is 0 Å². The quantitative estimate of drug-likeness (QED) is 0.641. The summed E-state index contributed by atoms with van der Waals surface area (Å²) in [6, 6.07) is 8.44. The van der Waals surface area contributed by atoms with Crippen molar-refractivity contribution in [2.75, 3.05) is 0 Å². The number of alkyl halides is 3. The zero-order chi connectivity index (χ0) is 21.9. The topological polar surface area (TPSA) is 134 Å². The van der Waals surface area contributed by atoms with Crippen LogP contribution in [0.1, 0.15) is 22.5 Å². The number of nitrogens with one attached hydrogen (secondary N) is 1. The fourth-order valence-corrected chi connectivity index (χ4v) is 2.50. The molecule has 2 heterocycles. The number of H-pyrrole nitrogens is 1.